The van der Waals surface area contributed by atoms with E-state index in [1.165, 1.54) is 35.2 Å². The fourth-order valence-electron chi connectivity index (χ4n) is 6.32. The van der Waals surface area contributed by atoms with Crippen molar-refractivity contribution in [3.05, 3.63) is 77.7 Å². The summed E-state index contributed by atoms with van der Waals surface area (Å²) in [5.41, 5.74) is 0.671. The largest absolute Gasteiger partial charge is 0.449 e. The van der Waals surface area contributed by atoms with Crippen molar-refractivity contribution in [3.63, 3.8) is 0 Å². The molecule has 0 unspecified atom stereocenters. The highest BCUT2D eigenvalue weighted by Crippen LogP contribution is 2.24. The van der Waals surface area contributed by atoms with Crippen LogP contribution in [0.3, 0.4) is 0 Å². The van der Waals surface area contributed by atoms with Crippen molar-refractivity contribution >= 4 is 44.0 Å². The molecule has 0 bridgehead atoms. The van der Waals surface area contributed by atoms with E-state index in [2.05, 4.69) is 15.4 Å². The average molecular weight is 775 g/mol. The summed E-state index contributed by atoms with van der Waals surface area (Å²) in [6, 6.07) is 12.7. The predicted molar refractivity (Wildman–Crippen MR) is 197 cm³/mol. The van der Waals surface area contributed by atoms with Gasteiger partial charge in [0.1, 0.15) is 18.1 Å². The maximum absolute atomic E-state index is 13.9. The molecule has 1 heterocycles. The number of alkyl carbamates (subject to hydrolysis) is 1. The lowest BCUT2D eigenvalue weighted by Gasteiger charge is -2.31. The van der Waals surface area contributed by atoms with Gasteiger partial charge >= 0.3 is 6.09 Å². The molecule has 0 radical (unpaired) electrons. The quantitative estimate of drug-likeness (QED) is 0.197. The summed E-state index contributed by atoms with van der Waals surface area (Å²) >= 11 is 0. The number of sulfonamides is 1. The molecule has 2 aromatic rings. The molecule has 4 rings (SSSR count). The van der Waals surface area contributed by atoms with Crippen LogP contribution in [-0.4, -0.2) is 76.8 Å². The highest BCUT2D eigenvalue weighted by Gasteiger charge is 2.40. The molecule has 3 atom stereocenters. The first kappa shape index (κ1) is 41.5. The number of hydrogen-bond donors (Lipinski definition) is 3. The Morgan fingerprint density at radius 3 is 2.19 bits per heavy atom. The topological polar surface area (TPSA) is 194 Å². The van der Waals surface area contributed by atoms with Gasteiger partial charge in [-0.25, -0.2) is 17.9 Å². The predicted octanol–water partition coefficient (Wildman–Crippen LogP) is 4.14. The Labute approximate surface area is 312 Å². The molecule has 1 aliphatic carbocycles. The number of nitrogens with one attached hydrogen (secondary N) is 3. The Bertz CT molecular complexity index is 1780. The number of ether oxygens (including phenoxy) is 1. The van der Waals surface area contributed by atoms with Crippen LogP contribution >= 0.6 is 0 Å². The number of carbonyl (C=O) groups is 4. The summed E-state index contributed by atoms with van der Waals surface area (Å²) in [7, 11) is -8.23. The van der Waals surface area contributed by atoms with Gasteiger partial charge in [-0.15, -0.1) is 0 Å². The molecule has 0 aromatic heterocycles. The zero-order valence-electron chi connectivity index (χ0n) is 30.1. The number of amides is 4. The van der Waals surface area contributed by atoms with Crippen LogP contribution in [0.2, 0.25) is 0 Å². The highest BCUT2D eigenvalue weighted by atomic mass is 32.2. The van der Waals surface area contributed by atoms with Crippen molar-refractivity contribution in [2.75, 3.05) is 13.2 Å². The minimum Gasteiger partial charge on any atom is -0.449 e. The summed E-state index contributed by atoms with van der Waals surface area (Å²) in [6.07, 6.45) is 6.28. The van der Waals surface area contributed by atoms with E-state index < -0.39 is 68.0 Å². The summed E-state index contributed by atoms with van der Waals surface area (Å²) in [6.45, 7) is 3.63. The molecule has 3 N–H and O–H groups in total. The number of allylic oxidation sites excluding steroid dienone is 1. The van der Waals surface area contributed by atoms with Crippen molar-refractivity contribution in [3.8, 4) is 0 Å². The molecule has 1 aliphatic heterocycles. The Kier molecular flexibility index (Phi) is 15.4. The fourth-order valence-corrected chi connectivity index (χ4v) is 8.11. The fraction of sp³-hybridized carbons (Fsp3) is 0.514. The molecule has 0 spiro atoms. The molecule has 290 valence electrons. The Morgan fingerprint density at radius 1 is 0.868 bits per heavy atom. The Hall–Kier alpha value is -4.28. The molecule has 16 heteroatoms. The zero-order chi connectivity index (χ0) is 38.4. The molecule has 2 aromatic carbocycles. The second-order valence-corrected chi connectivity index (χ2v) is 16.9. The monoisotopic (exact) mass is 774 g/mol. The third kappa shape index (κ3) is 13.0. The minimum atomic E-state index is -4.18. The van der Waals surface area contributed by atoms with Gasteiger partial charge in [-0.05, 0) is 68.1 Å². The van der Waals surface area contributed by atoms with Gasteiger partial charge in [-0.1, -0.05) is 87.7 Å². The number of benzene rings is 2. The second-order valence-electron chi connectivity index (χ2n) is 13.7. The number of nitrogens with zero attached hydrogens (tertiary/aromatic N) is 1. The third-order valence-corrected chi connectivity index (χ3v) is 11.6. The van der Waals surface area contributed by atoms with Gasteiger partial charge in [-0.2, -0.15) is 8.42 Å². The van der Waals surface area contributed by atoms with Gasteiger partial charge in [-0.3, -0.25) is 18.6 Å². The van der Waals surface area contributed by atoms with Gasteiger partial charge in [0.25, 0.3) is 26.0 Å². The van der Waals surface area contributed by atoms with E-state index in [0.717, 1.165) is 37.5 Å². The molecule has 2 aliphatic rings. The molecule has 14 nitrogen and oxygen atoms in total. The van der Waals surface area contributed by atoms with E-state index in [-0.39, 0.29) is 49.8 Å². The zero-order valence-corrected chi connectivity index (χ0v) is 31.8. The van der Waals surface area contributed by atoms with Crippen molar-refractivity contribution in [1.82, 2.24) is 20.3 Å². The normalized spacial score (nSPS) is 18.0. The van der Waals surface area contributed by atoms with E-state index in [9.17, 15) is 36.0 Å². The Morgan fingerprint density at radius 2 is 1.53 bits per heavy atom. The van der Waals surface area contributed by atoms with Crippen molar-refractivity contribution in [2.24, 2.45) is 11.8 Å². The molecule has 1 saturated carbocycles. The minimum absolute atomic E-state index is 0.0411. The molecule has 2 fully saturated rings. The first-order chi connectivity index (χ1) is 25.3. The van der Waals surface area contributed by atoms with Crippen LogP contribution < -0.4 is 15.4 Å². The molecule has 53 heavy (non-hydrogen) atoms. The first-order valence-electron chi connectivity index (χ1n) is 18.0. The van der Waals surface area contributed by atoms with Crippen LogP contribution in [0.4, 0.5) is 4.79 Å². The van der Waals surface area contributed by atoms with Crippen LogP contribution in [-0.2, 0) is 50.1 Å². The molecule has 1 saturated heterocycles. The van der Waals surface area contributed by atoms with Crippen LogP contribution in [0.15, 0.2) is 77.0 Å². The van der Waals surface area contributed by atoms with Crippen LogP contribution in [0.5, 0.6) is 0 Å². The maximum atomic E-state index is 13.9. The lowest BCUT2D eigenvalue weighted by atomic mass is 9.90. The highest BCUT2D eigenvalue weighted by molar-refractivity contribution is 7.90. The van der Waals surface area contributed by atoms with Gasteiger partial charge in [0.2, 0.25) is 11.8 Å². The number of rotatable bonds is 17. The van der Waals surface area contributed by atoms with Crippen molar-refractivity contribution < 1.29 is 44.9 Å². The lowest BCUT2D eigenvalue weighted by Crippen LogP contribution is -2.58. The third-order valence-electron chi connectivity index (χ3n) is 9.26. The Balaban J connectivity index is 1.42. The van der Waals surface area contributed by atoms with Crippen molar-refractivity contribution in [1.29, 1.82) is 0 Å². The van der Waals surface area contributed by atoms with Gasteiger partial charge in [0.15, 0.2) is 0 Å². The summed E-state index contributed by atoms with van der Waals surface area (Å²) in [5.74, 6) is -2.39. The smallest absolute Gasteiger partial charge is 0.407 e. The summed E-state index contributed by atoms with van der Waals surface area (Å²) in [5, 5.41) is 6.19. The second kappa shape index (κ2) is 19.7. The molecular formula is C37H50N4O10S2. The van der Waals surface area contributed by atoms with Crippen molar-refractivity contribution in [2.45, 2.75) is 101 Å². The maximum Gasteiger partial charge on any atom is 0.407 e. The standard InChI is InChI=1S/C37H50N4O10S2/c1-27(2)33(36(44)41-23-14-22-32(41)35(43)40-53(48,49)30-19-10-5-11-20-30)39-34(42)31(38-37(45)50-25-28-15-6-3-7-16-28)21-12-13-24-52(46,47)51-26-29-17-8-4-9-18-29/h4-5,8-11,13,17-20,24,27-28,31-33H,3,6-7,12,14-16,21-23,25-26H2,1-2H3,(H,38,45)(H,39,42)(H,40,43)/b24-13+/t31-,32-,33-/m0/s1. The van der Waals surface area contributed by atoms with E-state index in [1.54, 1.807) is 50.2 Å². The average Bonchev–Trinajstić information content (AvgIpc) is 3.65. The summed E-state index contributed by atoms with van der Waals surface area (Å²) < 4.78 is 63.2. The number of hydrogen-bond acceptors (Lipinski definition) is 10. The van der Waals surface area contributed by atoms with E-state index in [0.29, 0.717) is 12.0 Å². The van der Waals surface area contributed by atoms with Gasteiger partial charge < -0.3 is 20.3 Å². The SMILES string of the molecule is CC(C)[C@H](NC(=O)[C@H](CC/C=C/S(=O)(=O)OCc1ccccc1)NC(=O)OCC1CCCCC1)C(=O)N1CCC[C@H]1C(=O)NS(=O)(=O)c1ccccc1. The summed E-state index contributed by atoms with van der Waals surface area (Å²) in [4.78, 5) is 54.9. The van der Waals surface area contributed by atoms with Gasteiger partial charge in [0.05, 0.1) is 23.5 Å². The van der Waals surface area contributed by atoms with E-state index in [1.807, 2.05) is 0 Å². The molecular weight excluding hydrogens is 725 g/mol. The van der Waals surface area contributed by atoms with Crippen LogP contribution in [0, 0.1) is 11.8 Å². The van der Waals surface area contributed by atoms with Crippen LogP contribution in [0.1, 0.15) is 77.2 Å². The first-order valence-corrected chi connectivity index (χ1v) is 21.0. The molecule has 4 amide bonds. The van der Waals surface area contributed by atoms with E-state index in [4.69, 9.17) is 8.92 Å². The van der Waals surface area contributed by atoms with Crippen LogP contribution in [0.25, 0.3) is 0 Å². The number of likely N-dealkylation sites (tertiary alicyclic amines) is 1. The van der Waals surface area contributed by atoms with E-state index >= 15 is 0 Å². The number of carbonyl (C=O) groups excluding carboxylic acids is 4. The van der Waals surface area contributed by atoms with Gasteiger partial charge in [0, 0.05) is 6.54 Å². The lowest BCUT2D eigenvalue weighted by molar-refractivity contribution is -0.142.